The molecule has 42 heavy (non-hydrogen) atoms. The van der Waals surface area contributed by atoms with Crippen LogP contribution < -0.4 is 14.8 Å². The summed E-state index contributed by atoms with van der Waals surface area (Å²) in [6.07, 6.45) is 4.75. The molecule has 0 aromatic heterocycles. The van der Waals surface area contributed by atoms with E-state index in [0.29, 0.717) is 40.5 Å². The minimum atomic E-state index is -1.26. The van der Waals surface area contributed by atoms with E-state index in [1.807, 2.05) is 0 Å². The van der Waals surface area contributed by atoms with E-state index < -0.39 is 35.9 Å². The number of hydrogen-bond donors (Lipinski definition) is 4. The number of aliphatic hydroxyl groups excluding tert-OH is 3. The Balaban J connectivity index is 1.55. The van der Waals surface area contributed by atoms with Crippen molar-refractivity contribution in [2.45, 2.75) is 75.8 Å². The van der Waals surface area contributed by atoms with E-state index in [4.69, 9.17) is 9.47 Å². The number of carbonyl (C=O) groups excluding carboxylic acids is 2. The second kappa shape index (κ2) is 13.2. The highest BCUT2D eigenvalue weighted by atomic mass is 19.1. The molecule has 4 atom stereocenters. The van der Waals surface area contributed by atoms with E-state index in [2.05, 4.69) is 5.32 Å². The molecular weight excluding hydrogens is 543 g/mol. The van der Waals surface area contributed by atoms with E-state index in [9.17, 15) is 29.3 Å². The summed E-state index contributed by atoms with van der Waals surface area (Å²) in [4.78, 5) is 28.8. The van der Waals surface area contributed by atoms with Crippen molar-refractivity contribution in [3.05, 3.63) is 70.6 Å². The summed E-state index contributed by atoms with van der Waals surface area (Å²) in [6, 6.07) is 8.56. The Morgan fingerprint density at radius 1 is 1.17 bits per heavy atom. The number of fused-ring (bicyclic) bond motifs is 3. The van der Waals surface area contributed by atoms with Crippen molar-refractivity contribution < 1.29 is 38.8 Å². The van der Waals surface area contributed by atoms with Crippen LogP contribution in [0, 0.1) is 11.7 Å². The highest BCUT2D eigenvalue weighted by Gasteiger charge is 2.51. The zero-order valence-electron chi connectivity index (χ0n) is 23.8. The summed E-state index contributed by atoms with van der Waals surface area (Å²) in [5, 5.41) is 33.7. The normalized spacial score (nSPS) is 23.0. The molecule has 2 aromatic carbocycles. The Morgan fingerprint density at radius 3 is 2.62 bits per heavy atom. The lowest BCUT2D eigenvalue weighted by molar-refractivity contribution is -0.138. The summed E-state index contributed by atoms with van der Waals surface area (Å²) in [5.74, 6) is -0.765. The third-order valence-corrected chi connectivity index (χ3v) is 8.71. The van der Waals surface area contributed by atoms with Crippen molar-refractivity contribution in [1.29, 1.82) is 0 Å². The van der Waals surface area contributed by atoms with Crippen LogP contribution in [-0.2, 0) is 22.7 Å². The van der Waals surface area contributed by atoms with E-state index in [-0.39, 0.29) is 44.2 Å². The molecule has 1 aliphatic heterocycles. The average Bonchev–Trinajstić information content (AvgIpc) is 3.67. The van der Waals surface area contributed by atoms with Crippen LogP contribution in [0.3, 0.4) is 0 Å². The van der Waals surface area contributed by atoms with Crippen molar-refractivity contribution in [2.75, 3.05) is 20.3 Å². The summed E-state index contributed by atoms with van der Waals surface area (Å²) in [5.41, 5.74) is 1.66. The highest BCUT2D eigenvalue weighted by Crippen LogP contribution is 2.51. The van der Waals surface area contributed by atoms with Crippen LogP contribution in [0.1, 0.15) is 61.1 Å². The quantitative estimate of drug-likeness (QED) is 0.321. The smallest absolute Gasteiger partial charge is 0.247 e. The van der Waals surface area contributed by atoms with Gasteiger partial charge in [0, 0.05) is 36.2 Å². The van der Waals surface area contributed by atoms with Gasteiger partial charge in [-0.15, -0.1) is 0 Å². The number of methoxy groups -OCH3 is 1. The molecule has 10 heteroatoms. The van der Waals surface area contributed by atoms with Crippen LogP contribution in [0.4, 0.5) is 4.39 Å². The van der Waals surface area contributed by atoms with Gasteiger partial charge in [0.25, 0.3) is 0 Å². The Labute approximate surface area is 244 Å². The molecule has 9 nitrogen and oxygen atoms in total. The Morgan fingerprint density at radius 2 is 1.93 bits per heavy atom. The van der Waals surface area contributed by atoms with Crippen molar-refractivity contribution in [1.82, 2.24) is 10.2 Å². The lowest BCUT2D eigenvalue weighted by Gasteiger charge is -2.41. The first kappa shape index (κ1) is 30.0. The summed E-state index contributed by atoms with van der Waals surface area (Å²) in [7, 11) is 1.46. The second-order valence-corrected chi connectivity index (χ2v) is 11.3. The molecule has 2 aliphatic carbocycles. The van der Waals surface area contributed by atoms with Gasteiger partial charge in [-0.2, -0.15) is 0 Å². The molecule has 4 N–H and O–H groups in total. The minimum Gasteiger partial charge on any atom is -0.493 e. The zero-order valence-corrected chi connectivity index (χ0v) is 23.8. The topological polar surface area (TPSA) is 129 Å². The van der Waals surface area contributed by atoms with E-state index >= 15 is 0 Å². The molecular formula is C32H39FN2O7. The molecule has 0 unspecified atom stereocenters. The van der Waals surface area contributed by atoms with E-state index in [1.165, 1.54) is 18.1 Å². The molecule has 5 rings (SSSR count). The van der Waals surface area contributed by atoms with Gasteiger partial charge < -0.3 is 35.0 Å². The number of halogens is 1. The fraction of sp³-hybridized carbons (Fsp3) is 0.500. The maximum atomic E-state index is 14.8. The third kappa shape index (κ3) is 6.02. The van der Waals surface area contributed by atoms with Crippen LogP contribution in [0.2, 0.25) is 0 Å². The van der Waals surface area contributed by atoms with Gasteiger partial charge in [0.1, 0.15) is 18.0 Å². The monoisotopic (exact) mass is 582 g/mol. The second-order valence-electron chi connectivity index (χ2n) is 11.3. The number of ether oxygens (including phenoxy) is 2. The molecule has 1 saturated carbocycles. The fourth-order valence-corrected chi connectivity index (χ4v) is 6.56. The molecule has 0 radical (unpaired) electrons. The molecule has 0 saturated heterocycles. The molecule has 0 bridgehead atoms. The lowest BCUT2D eigenvalue weighted by Crippen LogP contribution is -2.55. The summed E-state index contributed by atoms with van der Waals surface area (Å²) in [6.45, 7) is -0.627. The van der Waals surface area contributed by atoms with E-state index in [0.717, 1.165) is 25.7 Å². The van der Waals surface area contributed by atoms with Crippen LogP contribution in [0.25, 0.3) is 0 Å². The molecule has 1 heterocycles. The van der Waals surface area contributed by atoms with Gasteiger partial charge in [-0.3, -0.25) is 9.59 Å². The Kier molecular flexibility index (Phi) is 9.45. The van der Waals surface area contributed by atoms with Crippen molar-refractivity contribution in [2.24, 2.45) is 5.92 Å². The average molecular weight is 583 g/mol. The third-order valence-electron chi connectivity index (χ3n) is 8.71. The first-order valence-corrected chi connectivity index (χ1v) is 14.7. The number of nitrogens with one attached hydrogen (secondary N) is 1. The molecule has 3 aliphatic rings. The molecule has 1 fully saturated rings. The van der Waals surface area contributed by atoms with E-state index in [1.54, 1.807) is 36.4 Å². The first-order chi connectivity index (χ1) is 20.4. The van der Waals surface area contributed by atoms with Crippen LogP contribution >= 0.6 is 0 Å². The number of hydrogen-bond acceptors (Lipinski definition) is 7. The predicted octanol–water partition coefficient (Wildman–Crippen LogP) is 2.95. The highest BCUT2D eigenvalue weighted by molar-refractivity contribution is 5.96. The fourth-order valence-electron chi connectivity index (χ4n) is 6.56. The number of carbonyl (C=O) groups is 2. The van der Waals surface area contributed by atoms with Crippen LogP contribution in [-0.4, -0.2) is 70.5 Å². The predicted molar refractivity (Wildman–Crippen MR) is 152 cm³/mol. The SMILES string of the molecule is COc1cc(CO)cc2c1O[C@@H]1[C@@H](O)[C@H](N(Cc3ccccc3F)C(=O)CCC3CCCC3)C=C(C(=O)NCCO)[C@H]21. The molecule has 2 aromatic rings. The van der Waals surface area contributed by atoms with Gasteiger partial charge in [0.15, 0.2) is 11.5 Å². The molecule has 2 amide bonds. The number of rotatable bonds is 11. The Bertz CT molecular complexity index is 1330. The standard InChI is InChI=1S/C32H39FN2O7/c1-41-26-15-20(18-37)14-22-28-23(32(40)34-12-13-36)16-25(29(39)31(28)42-30(22)26)35(17-21-8-4-5-9-24(21)33)27(38)11-10-19-6-2-3-7-19/h4-5,8-9,14-16,19,25,28-29,31,36-37,39H,2-3,6-7,10-13,17-18H2,1H3,(H,34,40)/t25-,28+,29+,31+/m1/s1. The largest absolute Gasteiger partial charge is 0.493 e. The zero-order chi connectivity index (χ0) is 29.8. The van der Waals surface area contributed by atoms with Crippen molar-refractivity contribution >= 4 is 11.8 Å². The number of nitrogens with zero attached hydrogens (tertiary/aromatic N) is 1. The summed E-state index contributed by atoms with van der Waals surface area (Å²) >= 11 is 0. The Hall–Kier alpha value is -3.47. The van der Waals surface area contributed by atoms with Crippen molar-refractivity contribution in [3.8, 4) is 11.5 Å². The maximum absolute atomic E-state index is 14.8. The summed E-state index contributed by atoms with van der Waals surface area (Å²) < 4.78 is 26.6. The van der Waals surface area contributed by atoms with Gasteiger partial charge in [0.05, 0.1) is 32.3 Å². The van der Waals surface area contributed by atoms with Crippen molar-refractivity contribution in [3.63, 3.8) is 0 Å². The minimum absolute atomic E-state index is 0.00769. The van der Waals surface area contributed by atoms with Gasteiger partial charge in [-0.05, 0) is 42.2 Å². The van der Waals surface area contributed by atoms with Gasteiger partial charge >= 0.3 is 0 Å². The number of amides is 2. The van der Waals surface area contributed by atoms with Gasteiger partial charge in [0.2, 0.25) is 11.8 Å². The molecule has 0 spiro atoms. The number of aliphatic hydroxyl groups is 3. The van der Waals surface area contributed by atoms with Gasteiger partial charge in [-0.1, -0.05) is 43.9 Å². The maximum Gasteiger partial charge on any atom is 0.247 e. The molecule has 226 valence electrons. The first-order valence-electron chi connectivity index (χ1n) is 14.7. The van der Waals surface area contributed by atoms with Crippen LogP contribution in [0.5, 0.6) is 11.5 Å². The van der Waals surface area contributed by atoms with Crippen LogP contribution in [0.15, 0.2) is 48.0 Å². The number of benzene rings is 2. The lowest BCUT2D eigenvalue weighted by atomic mass is 9.77. The van der Waals surface area contributed by atoms with Gasteiger partial charge in [-0.25, -0.2) is 4.39 Å².